The van der Waals surface area contributed by atoms with Gasteiger partial charge >= 0.3 is 0 Å². The van der Waals surface area contributed by atoms with Crippen molar-refractivity contribution in [3.63, 3.8) is 0 Å². The first kappa shape index (κ1) is 18.4. The fraction of sp³-hybridized carbons (Fsp3) is 0.286. The second-order valence-corrected chi connectivity index (χ2v) is 3.97. The minimum atomic E-state index is -0.189. The van der Waals surface area contributed by atoms with Crippen LogP contribution in [-0.4, -0.2) is 25.0 Å². The van der Waals surface area contributed by atoms with Crippen LogP contribution in [0.4, 0.5) is 5.69 Å². The van der Waals surface area contributed by atoms with Gasteiger partial charge in [0.1, 0.15) is 6.54 Å². The number of carbonyl (C=O) groups is 1. The third kappa shape index (κ3) is 7.13. The first-order valence-corrected chi connectivity index (χ1v) is 6.19. The molecule has 0 saturated heterocycles. The van der Waals surface area contributed by atoms with Crippen LogP contribution in [0.15, 0.2) is 41.9 Å². The Kier molecular flexibility index (Phi) is 9.44. The molecule has 1 rings (SSSR count). The van der Waals surface area contributed by atoms with Gasteiger partial charge in [0.15, 0.2) is 5.96 Å². The van der Waals surface area contributed by atoms with Crippen molar-refractivity contribution in [2.45, 2.75) is 13.3 Å². The summed E-state index contributed by atoms with van der Waals surface area (Å²) in [6, 6.07) is 7.90. The van der Waals surface area contributed by atoms with E-state index in [1.807, 2.05) is 24.3 Å². The van der Waals surface area contributed by atoms with Crippen molar-refractivity contribution >= 4 is 41.5 Å². The number of nitrogens with one attached hydrogen (secondary N) is 2. The quantitative estimate of drug-likeness (QED) is 0.302. The molecule has 0 unspecified atom stereocenters. The second-order valence-electron chi connectivity index (χ2n) is 3.97. The number of aliphatic imine (C=N–C) groups is 1. The van der Waals surface area contributed by atoms with E-state index in [4.69, 9.17) is 5.73 Å². The molecule has 20 heavy (non-hydrogen) atoms. The molecule has 0 aromatic heterocycles. The lowest BCUT2D eigenvalue weighted by Gasteiger charge is -2.06. The van der Waals surface area contributed by atoms with Crippen molar-refractivity contribution in [3.8, 4) is 0 Å². The second kappa shape index (κ2) is 10.2. The monoisotopic (exact) mass is 388 g/mol. The van der Waals surface area contributed by atoms with Crippen LogP contribution < -0.4 is 16.4 Å². The van der Waals surface area contributed by atoms with Gasteiger partial charge < -0.3 is 16.4 Å². The van der Waals surface area contributed by atoms with Crippen molar-refractivity contribution < 1.29 is 4.79 Å². The summed E-state index contributed by atoms with van der Waals surface area (Å²) in [6.07, 6.45) is 2.60. The molecule has 1 aromatic carbocycles. The largest absolute Gasteiger partial charge is 0.370 e. The fourth-order valence-corrected chi connectivity index (χ4v) is 1.41. The van der Waals surface area contributed by atoms with Gasteiger partial charge in [-0.05, 0) is 24.1 Å². The van der Waals surface area contributed by atoms with Gasteiger partial charge in [-0.2, -0.15) is 0 Å². The number of amides is 1. The van der Waals surface area contributed by atoms with Gasteiger partial charge in [0.05, 0.1) is 0 Å². The summed E-state index contributed by atoms with van der Waals surface area (Å²) in [6.45, 7) is 6.04. The zero-order chi connectivity index (χ0) is 14.1. The Labute approximate surface area is 136 Å². The maximum Gasteiger partial charge on any atom is 0.242 e. The highest BCUT2D eigenvalue weighted by Gasteiger charge is 1.99. The number of hydrogen-bond donors (Lipinski definition) is 3. The zero-order valence-electron chi connectivity index (χ0n) is 11.6. The summed E-state index contributed by atoms with van der Waals surface area (Å²) in [5, 5.41) is 5.55. The Morgan fingerprint density at radius 1 is 1.40 bits per heavy atom. The van der Waals surface area contributed by atoms with Crippen LogP contribution in [0.2, 0.25) is 0 Å². The van der Waals surface area contributed by atoms with Gasteiger partial charge in [-0.25, -0.2) is 4.99 Å². The molecule has 1 amide bonds. The van der Waals surface area contributed by atoms with Crippen LogP contribution in [0.1, 0.15) is 12.5 Å². The third-order valence-corrected chi connectivity index (χ3v) is 2.47. The Morgan fingerprint density at radius 3 is 2.60 bits per heavy atom. The molecular weight excluding hydrogens is 367 g/mol. The van der Waals surface area contributed by atoms with E-state index in [2.05, 4.69) is 29.1 Å². The number of nitrogens with two attached hydrogens (primary N) is 1. The normalized spacial score (nSPS) is 10.3. The summed E-state index contributed by atoms with van der Waals surface area (Å²) < 4.78 is 0. The molecule has 4 N–H and O–H groups in total. The van der Waals surface area contributed by atoms with Crippen LogP contribution in [0, 0.1) is 0 Å². The van der Waals surface area contributed by atoms with Crippen LogP contribution >= 0.6 is 24.0 Å². The van der Waals surface area contributed by atoms with Crippen molar-refractivity contribution in [3.05, 3.63) is 42.5 Å². The fourth-order valence-electron chi connectivity index (χ4n) is 1.41. The molecule has 0 aliphatic carbocycles. The first-order chi connectivity index (χ1) is 9.15. The molecule has 0 aliphatic heterocycles. The number of anilines is 1. The van der Waals surface area contributed by atoms with Crippen molar-refractivity contribution in [2.75, 3.05) is 18.4 Å². The highest BCUT2D eigenvalue weighted by Crippen LogP contribution is 2.09. The smallest absolute Gasteiger partial charge is 0.242 e. The summed E-state index contributed by atoms with van der Waals surface area (Å²) in [4.78, 5) is 15.2. The van der Waals surface area contributed by atoms with E-state index < -0.39 is 0 Å². The summed E-state index contributed by atoms with van der Waals surface area (Å²) in [7, 11) is 0. The van der Waals surface area contributed by atoms with Crippen molar-refractivity contribution in [1.29, 1.82) is 0 Å². The molecule has 6 heteroatoms. The van der Waals surface area contributed by atoms with Gasteiger partial charge in [0.25, 0.3) is 0 Å². The Balaban J connectivity index is 0.00000361. The van der Waals surface area contributed by atoms with Crippen LogP contribution in [0.5, 0.6) is 0 Å². The van der Waals surface area contributed by atoms with Crippen LogP contribution in [0.25, 0.3) is 0 Å². The average molecular weight is 388 g/mol. The van der Waals surface area contributed by atoms with Gasteiger partial charge in [0, 0.05) is 12.2 Å². The highest BCUT2D eigenvalue weighted by molar-refractivity contribution is 14.0. The van der Waals surface area contributed by atoms with Gasteiger partial charge in [-0.1, -0.05) is 25.1 Å². The van der Waals surface area contributed by atoms with Crippen LogP contribution in [0.3, 0.4) is 0 Å². The zero-order valence-corrected chi connectivity index (χ0v) is 13.9. The predicted octanol–water partition coefficient (Wildman–Crippen LogP) is 1.90. The summed E-state index contributed by atoms with van der Waals surface area (Å²) in [5.41, 5.74) is 7.80. The van der Waals surface area contributed by atoms with Gasteiger partial charge in [-0.3, -0.25) is 4.79 Å². The lowest BCUT2D eigenvalue weighted by Crippen LogP contribution is -2.29. The molecule has 0 fully saturated rings. The predicted molar refractivity (Wildman–Crippen MR) is 94.6 cm³/mol. The molecule has 1 aromatic rings. The Morgan fingerprint density at radius 2 is 2.05 bits per heavy atom. The molecule has 0 aliphatic rings. The molecule has 0 saturated carbocycles. The molecule has 0 heterocycles. The maximum absolute atomic E-state index is 11.3. The highest BCUT2D eigenvalue weighted by atomic mass is 127. The minimum absolute atomic E-state index is 0. The van der Waals surface area contributed by atoms with Gasteiger partial charge in [0.2, 0.25) is 5.91 Å². The Hall–Kier alpha value is -1.57. The minimum Gasteiger partial charge on any atom is -0.370 e. The van der Waals surface area contributed by atoms with Crippen LogP contribution in [-0.2, 0) is 11.2 Å². The molecule has 0 spiro atoms. The van der Waals surface area contributed by atoms with E-state index in [0.29, 0.717) is 6.54 Å². The van der Waals surface area contributed by atoms with E-state index in [-0.39, 0.29) is 42.4 Å². The lowest BCUT2D eigenvalue weighted by molar-refractivity contribution is -0.119. The maximum atomic E-state index is 11.3. The SMILES string of the molecule is C=CCNC(=O)CN=C(N)Nc1ccc(CC)cc1.I. The first-order valence-electron chi connectivity index (χ1n) is 6.19. The molecule has 110 valence electrons. The van der Waals surface area contributed by atoms with Crippen molar-refractivity contribution in [2.24, 2.45) is 10.7 Å². The van der Waals surface area contributed by atoms with E-state index in [1.54, 1.807) is 6.08 Å². The molecule has 0 bridgehead atoms. The van der Waals surface area contributed by atoms with Gasteiger partial charge in [-0.15, -0.1) is 30.6 Å². The number of benzene rings is 1. The summed E-state index contributed by atoms with van der Waals surface area (Å²) >= 11 is 0. The number of nitrogens with zero attached hydrogens (tertiary/aromatic N) is 1. The number of guanidine groups is 1. The Bertz CT molecular complexity index is 457. The average Bonchev–Trinajstić information content (AvgIpc) is 2.43. The molecule has 5 nitrogen and oxygen atoms in total. The third-order valence-electron chi connectivity index (χ3n) is 2.47. The summed E-state index contributed by atoms with van der Waals surface area (Å²) in [5.74, 6) is 0.0315. The number of halogens is 1. The van der Waals surface area contributed by atoms with E-state index in [9.17, 15) is 4.79 Å². The number of aryl methyl sites for hydroxylation is 1. The van der Waals surface area contributed by atoms with E-state index >= 15 is 0 Å². The van der Waals surface area contributed by atoms with E-state index in [0.717, 1.165) is 12.1 Å². The van der Waals surface area contributed by atoms with Crippen molar-refractivity contribution in [1.82, 2.24) is 5.32 Å². The number of rotatable bonds is 6. The lowest BCUT2D eigenvalue weighted by atomic mass is 10.1. The standard InChI is InChI=1S/C14H20N4O.HI/c1-3-9-16-13(19)10-17-14(15)18-12-7-5-11(4-2)6-8-12;/h3,5-8H,1,4,9-10H2,2H3,(H,16,19)(H3,15,17,18);1H. The van der Waals surface area contributed by atoms with E-state index in [1.165, 1.54) is 5.56 Å². The molecule has 0 atom stereocenters. The molecular formula is C14H21IN4O. The number of carbonyl (C=O) groups excluding carboxylic acids is 1. The topological polar surface area (TPSA) is 79.5 Å². The molecule has 0 radical (unpaired) electrons. The number of hydrogen-bond acceptors (Lipinski definition) is 2.